The average Bonchev–Trinajstić information content (AvgIpc) is 2.01. The lowest BCUT2D eigenvalue weighted by Crippen LogP contribution is -2.42. The van der Waals surface area contributed by atoms with Crippen molar-refractivity contribution in [1.82, 2.24) is 0 Å². The zero-order valence-electron chi connectivity index (χ0n) is 9.17. The minimum atomic E-state index is -0.514. The molecular weight excluding hydrogens is 174 g/mol. The molecule has 2 heteroatoms. The number of aliphatic hydroxyl groups excluding tert-OH is 1. The summed E-state index contributed by atoms with van der Waals surface area (Å²) in [6.45, 7) is 6.03. The van der Waals surface area contributed by atoms with Crippen LogP contribution in [0.4, 0.5) is 0 Å². The monoisotopic (exact) mass is 193 g/mol. The Balaban J connectivity index is 2.87. The molecule has 1 aromatic carbocycles. The van der Waals surface area contributed by atoms with Gasteiger partial charge in [0.25, 0.3) is 0 Å². The van der Waals surface area contributed by atoms with Crippen molar-refractivity contribution >= 4 is 0 Å². The van der Waals surface area contributed by atoms with Gasteiger partial charge in [-0.05, 0) is 32.8 Å². The first kappa shape index (κ1) is 11.2. The quantitative estimate of drug-likeness (QED) is 0.765. The van der Waals surface area contributed by atoms with Gasteiger partial charge in [0.2, 0.25) is 0 Å². The van der Waals surface area contributed by atoms with Crippen LogP contribution in [-0.4, -0.2) is 17.3 Å². The molecule has 0 aliphatic carbocycles. The minimum absolute atomic E-state index is 0.0139. The van der Waals surface area contributed by atoms with Crippen molar-refractivity contribution in [3.05, 3.63) is 34.9 Å². The molecule has 1 atom stereocenters. The van der Waals surface area contributed by atoms with Crippen LogP contribution in [0, 0.1) is 13.8 Å². The van der Waals surface area contributed by atoms with Crippen molar-refractivity contribution in [1.29, 1.82) is 0 Å². The van der Waals surface area contributed by atoms with Crippen molar-refractivity contribution in [2.24, 2.45) is 5.73 Å². The molecule has 1 aromatic rings. The van der Waals surface area contributed by atoms with Crippen LogP contribution in [0.1, 0.15) is 23.6 Å². The first-order valence-corrected chi connectivity index (χ1v) is 4.90. The number of hydrogen-bond donors (Lipinski definition) is 2. The van der Waals surface area contributed by atoms with Crippen molar-refractivity contribution < 1.29 is 5.11 Å². The Bertz CT molecular complexity index is 298. The lowest BCUT2D eigenvalue weighted by molar-refractivity contribution is 0.208. The smallest absolute Gasteiger partial charge is 0.0611 e. The molecule has 0 saturated heterocycles. The van der Waals surface area contributed by atoms with Gasteiger partial charge in [-0.2, -0.15) is 0 Å². The summed E-state index contributed by atoms with van der Waals surface area (Å²) in [6.07, 6.45) is 0.714. The summed E-state index contributed by atoms with van der Waals surface area (Å²) in [4.78, 5) is 0. The molecule has 0 spiro atoms. The van der Waals surface area contributed by atoms with E-state index < -0.39 is 5.54 Å². The van der Waals surface area contributed by atoms with Crippen LogP contribution >= 0.6 is 0 Å². The van der Waals surface area contributed by atoms with Crippen LogP contribution in [0.3, 0.4) is 0 Å². The predicted molar refractivity (Wildman–Crippen MR) is 59.3 cm³/mol. The standard InChI is InChI=1S/C12H19NO/c1-9-4-10(2)6-11(5-9)7-12(3,13)8-14/h4-6,14H,7-8,13H2,1-3H3. The molecule has 78 valence electrons. The molecule has 1 rings (SSSR count). The Morgan fingerprint density at radius 2 is 1.71 bits per heavy atom. The van der Waals surface area contributed by atoms with Gasteiger partial charge in [-0.1, -0.05) is 29.3 Å². The number of hydrogen-bond acceptors (Lipinski definition) is 2. The fourth-order valence-electron chi connectivity index (χ4n) is 1.69. The number of aliphatic hydroxyl groups is 1. The molecule has 0 saturated carbocycles. The minimum Gasteiger partial charge on any atom is -0.394 e. The van der Waals surface area contributed by atoms with Gasteiger partial charge in [0, 0.05) is 5.54 Å². The molecule has 1 unspecified atom stereocenters. The highest BCUT2D eigenvalue weighted by Crippen LogP contribution is 2.14. The second-order valence-electron chi connectivity index (χ2n) is 4.48. The second kappa shape index (κ2) is 4.11. The van der Waals surface area contributed by atoms with Gasteiger partial charge >= 0.3 is 0 Å². The van der Waals surface area contributed by atoms with Crippen molar-refractivity contribution in [2.75, 3.05) is 6.61 Å². The highest BCUT2D eigenvalue weighted by Gasteiger charge is 2.17. The van der Waals surface area contributed by atoms with E-state index in [4.69, 9.17) is 10.8 Å². The van der Waals surface area contributed by atoms with E-state index in [9.17, 15) is 0 Å². The van der Waals surface area contributed by atoms with Crippen LogP contribution in [0.15, 0.2) is 18.2 Å². The van der Waals surface area contributed by atoms with Crippen molar-refractivity contribution in [3.8, 4) is 0 Å². The van der Waals surface area contributed by atoms with Crippen LogP contribution in [0.25, 0.3) is 0 Å². The molecule has 0 heterocycles. The maximum Gasteiger partial charge on any atom is 0.0611 e. The van der Waals surface area contributed by atoms with Gasteiger partial charge in [0.1, 0.15) is 0 Å². The van der Waals surface area contributed by atoms with Crippen molar-refractivity contribution in [3.63, 3.8) is 0 Å². The van der Waals surface area contributed by atoms with E-state index in [0.29, 0.717) is 6.42 Å². The molecule has 0 radical (unpaired) electrons. The topological polar surface area (TPSA) is 46.2 Å². The van der Waals surface area contributed by atoms with E-state index in [1.54, 1.807) is 0 Å². The zero-order valence-corrected chi connectivity index (χ0v) is 9.17. The highest BCUT2D eigenvalue weighted by molar-refractivity contribution is 5.29. The Labute approximate surface area is 85.8 Å². The number of nitrogens with two attached hydrogens (primary N) is 1. The summed E-state index contributed by atoms with van der Waals surface area (Å²) in [7, 11) is 0. The van der Waals surface area contributed by atoms with Gasteiger partial charge in [-0.25, -0.2) is 0 Å². The van der Waals surface area contributed by atoms with Crippen LogP contribution < -0.4 is 5.73 Å². The van der Waals surface area contributed by atoms with E-state index >= 15 is 0 Å². The van der Waals surface area contributed by atoms with E-state index in [2.05, 4.69) is 32.0 Å². The van der Waals surface area contributed by atoms with Gasteiger partial charge in [0.05, 0.1) is 6.61 Å². The van der Waals surface area contributed by atoms with E-state index in [1.807, 2.05) is 6.92 Å². The van der Waals surface area contributed by atoms with Crippen LogP contribution in [0.2, 0.25) is 0 Å². The summed E-state index contributed by atoms with van der Waals surface area (Å²) < 4.78 is 0. The number of rotatable bonds is 3. The Kier molecular flexibility index (Phi) is 3.29. The summed E-state index contributed by atoms with van der Waals surface area (Å²) in [5.41, 5.74) is 9.07. The summed E-state index contributed by atoms with van der Waals surface area (Å²) >= 11 is 0. The molecule has 3 N–H and O–H groups in total. The molecule has 0 aromatic heterocycles. The Morgan fingerprint density at radius 3 is 2.14 bits per heavy atom. The van der Waals surface area contributed by atoms with Gasteiger partial charge in [-0.3, -0.25) is 0 Å². The number of benzene rings is 1. The first-order chi connectivity index (χ1) is 6.43. The van der Waals surface area contributed by atoms with E-state index in [0.717, 1.165) is 0 Å². The third kappa shape index (κ3) is 3.13. The Hall–Kier alpha value is -0.860. The lowest BCUT2D eigenvalue weighted by atomic mass is 9.93. The largest absolute Gasteiger partial charge is 0.394 e. The number of aryl methyl sites for hydroxylation is 2. The molecule has 0 aliphatic rings. The van der Waals surface area contributed by atoms with Crippen LogP contribution in [0.5, 0.6) is 0 Å². The molecule has 0 aliphatic heterocycles. The van der Waals surface area contributed by atoms with Gasteiger partial charge in [0.15, 0.2) is 0 Å². The first-order valence-electron chi connectivity index (χ1n) is 4.90. The summed E-state index contributed by atoms with van der Waals surface area (Å²) in [5, 5.41) is 9.07. The maximum absolute atomic E-state index is 9.07. The molecule has 2 nitrogen and oxygen atoms in total. The van der Waals surface area contributed by atoms with Gasteiger partial charge < -0.3 is 10.8 Å². The fraction of sp³-hybridized carbons (Fsp3) is 0.500. The lowest BCUT2D eigenvalue weighted by Gasteiger charge is -2.22. The third-order valence-electron chi connectivity index (χ3n) is 2.25. The molecule has 0 bridgehead atoms. The van der Waals surface area contributed by atoms with E-state index in [1.165, 1.54) is 16.7 Å². The highest BCUT2D eigenvalue weighted by atomic mass is 16.3. The molecule has 0 fully saturated rings. The molecule has 0 amide bonds. The second-order valence-corrected chi connectivity index (χ2v) is 4.48. The normalized spacial score (nSPS) is 15.2. The zero-order chi connectivity index (χ0) is 10.8. The van der Waals surface area contributed by atoms with Crippen LogP contribution in [-0.2, 0) is 6.42 Å². The molecule has 14 heavy (non-hydrogen) atoms. The van der Waals surface area contributed by atoms with Crippen molar-refractivity contribution in [2.45, 2.75) is 32.7 Å². The average molecular weight is 193 g/mol. The van der Waals surface area contributed by atoms with Gasteiger partial charge in [-0.15, -0.1) is 0 Å². The maximum atomic E-state index is 9.07. The molecular formula is C12H19NO. The Morgan fingerprint density at radius 1 is 1.21 bits per heavy atom. The fourth-order valence-corrected chi connectivity index (χ4v) is 1.69. The van der Waals surface area contributed by atoms with E-state index in [-0.39, 0.29) is 6.61 Å². The SMILES string of the molecule is Cc1cc(C)cc(CC(C)(N)CO)c1. The third-order valence-corrected chi connectivity index (χ3v) is 2.25. The summed E-state index contributed by atoms with van der Waals surface area (Å²) in [5.74, 6) is 0. The predicted octanol–water partition coefficient (Wildman–Crippen LogP) is 1.56. The summed E-state index contributed by atoms with van der Waals surface area (Å²) in [6, 6.07) is 6.37.